The Balaban J connectivity index is 1.65. The minimum absolute atomic E-state index is 0.0204. The highest BCUT2D eigenvalue weighted by atomic mass is 16.5. The van der Waals surface area contributed by atoms with Gasteiger partial charge < -0.3 is 14.4 Å². The van der Waals surface area contributed by atoms with E-state index < -0.39 is 0 Å². The summed E-state index contributed by atoms with van der Waals surface area (Å²) < 4.78 is 11.3. The number of nitrogens with zero attached hydrogens (tertiary/aromatic N) is 4. The topological polar surface area (TPSA) is 95.4 Å². The first-order chi connectivity index (χ1) is 15.5. The van der Waals surface area contributed by atoms with Crippen LogP contribution in [-0.2, 0) is 6.42 Å². The normalized spacial score (nSPS) is 15.2. The van der Waals surface area contributed by atoms with Gasteiger partial charge >= 0.3 is 0 Å². The largest absolute Gasteiger partial charge is 0.490 e. The van der Waals surface area contributed by atoms with E-state index in [2.05, 4.69) is 34.1 Å². The van der Waals surface area contributed by atoms with Crippen LogP contribution in [0, 0.1) is 11.3 Å². The molecule has 1 N–H and O–H groups in total. The van der Waals surface area contributed by atoms with Crippen molar-refractivity contribution in [2.24, 2.45) is 0 Å². The van der Waals surface area contributed by atoms with Crippen molar-refractivity contribution in [1.29, 1.82) is 5.26 Å². The second kappa shape index (κ2) is 9.51. The molecule has 0 saturated heterocycles. The van der Waals surface area contributed by atoms with Crippen LogP contribution in [0.2, 0.25) is 0 Å². The lowest BCUT2D eigenvalue weighted by atomic mass is 10.0. The molecule has 7 nitrogen and oxygen atoms in total. The fourth-order valence-corrected chi connectivity index (χ4v) is 4.44. The number of aliphatic hydroxyl groups is 1. The highest BCUT2D eigenvalue weighted by Gasteiger charge is 2.29. The predicted octanol–water partition coefficient (Wildman–Crippen LogP) is 4.36. The van der Waals surface area contributed by atoms with Crippen LogP contribution in [0.25, 0.3) is 22.8 Å². The molecule has 4 rings (SSSR count). The summed E-state index contributed by atoms with van der Waals surface area (Å²) in [6.45, 7) is 7.67. The number of fused-ring (bicyclic) bond motifs is 1. The van der Waals surface area contributed by atoms with Crippen molar-refractivity contribution in [3.63, 3.8) is 0 Å². The number of benzene rings is 2. The van der Waals surface area contributed by atoms with E-state index in [1.165, 1.54) is 11.1 Å². The Hall–Kier alpha value is -3.21. The summed E-state index contributed by atoms with van der Waals surface area (Å²) in [6, 6.07) is 14.0. The zero-order valence-electron chi connectivity index (χ0n) is 18.7. The molecule has 0 spiro atoms. The Morgan fingerprint density at radius 2 is 2.16 bits per heavy atom. The van der Waals surface area contributed by atoms with Crippen LogP contribution in [0.3, 0.4) is 0 Å². The molecule has 0 saturated carbocycles. The molecule has 1 aromatic heterocycles. The molecule has 7 heteroatoms. The van der Waals surface area contributed by atoms with E-state index in [4.69, 9.17) is 9.26 Å². The molecule has 0 fully saturated rings. The van der Waals surface area contributed by atoms with Gasteiger partial charge in [-0.15, -0.1) is 0 Å². The second-order valence-electron chi connectivity index (χ2n) is 8.19. The molecule has 32 heavy (non-hydrogen) atoms. The van der Waals surface area contributed by atoms with Crippen LogP contribution in [-0.4, -0.2) is 45.9 Å². The fraction of sp³-hybridized carbons (Fsp3) is 0.400. The smallest absolute Gasteiger partial charge is 0.258 e. The summed E-state index contributed by atoms with van der Waals surface area (Å²) in [7, 11) is 0. The fourth-order valence-electron chi connectivity index (χ4n) is 4.44. The number of ether oxygens (including phenoxy) is 1. The molecule has 1 atom stereocenters. The molecule has 2 aromatic carbocycles. The average molecular weight is 433 g/mol. The summed E-state index contributed by atoms with van der Waals surface area (Å²) in [5.74, 6) is 1.46. The molecule has 0 bridgehead atoms. The Labute approximate surface area is 188 Å². The molecule has 1 aliphatic rings. The number of hydrogen-bond acceptors (Lipinski definition) is 7. The molecule has 3 aromatic rings. The van der Waals surface area contributed by atoms with Crippen molar-refractivity contribution >= 4 is 0 Å². The number of hydrogen-bond donors (Lipinski definition) is 1. The summed E-state index contributed by atoms with van der Waals surface area (Å²) in [5.41, 5.74) is 4.59. The highest BCUT2D eigenvalue weighted by Crippen LogP contribution is 2.40. The molecule has 0 amide bonds. The van der Waals surface area contributed by atoms with Gasteiger partial charge in [0.05, 0.1) is 18.3 Å². The quantitative estimate of drug-likeness (QED) is 0.565. The maximum absolute atomic E-state index is 9.50. The zero-order valence-corrected chi connectivity index (χ0v) is 18.7. The Morgan fingerprint density at radius 1 is 1.31 bits per heavy atom. The van der Waals surface area contributed by atoms with E-state index in [9.17, 15) is 10.4 Å². The first kappa shape index (κ1) is 22.0. The monoisotopic (exact) mass is 432 g/mol. The van der Waals surface area contributed by atoms with E-state index >= 15 is 0 Å². The molecular weight excluding hydrogens is 404 g/mol. The number of nitriles is 1. The molecule has 1 heterocycles. The van der Waals surface area contributed by atoms with Gasteiger partial charge in [-0.1, -0.05) is 30.3 Å². The molecular formula is C25H28N4O3. The van der Waals surface area contributed by atoms with Crippen molar-refractivity contribution in [3.8, 4) is 34.7 Å². The third-order valence-corrected chi connectivity index (χ3v) is 5.85. The van der Waals surface area contributed by atoms with E-state index in [1.807, 2.05) is 32.0 Å². The second-order valence-corrected chi connectivity index (χ2v) is 8.19. The van der Waals surface area contributed by atoms with Crippen LogP contribution >= 0.6 is 0 Å². The van der Waals surface area contributed by atoms with Gasteiger partial charge in [0.2, 0.25) is 5.82 Å². The van der Waals surface area contributed by atoms with Crippen molar-refractivity contribution in [3.05, 3.63) is 53.1 Å². The van der Waals surface area contributed by atoms with Crippen LogP contribution < -0.4 is 4.74 Å². The van der Waals surface area contributed by atoms with Gasteiger partial charge in [-0.2, -0.15) is 10.2 Å². The van der Waals surface area contributed by atoms with Gasteiger partial charge in [-0.05, 0) is 62.6 Å². The molecule has 1 aliphatic carbocycles. The van der Waals surface area contributed by atoms with Crippen LogP contribution in [0.1, 0.15) is 49.9 Å². The van der Waals surface area contributed by atoms with Crippen molar-refractivity contribution in [1.82, 2.24) is 15.0 Å². The van der Waals surface area contributed by atoms with Crippen LogP contribution in [0.15, 0.2) is 40.9 Å². The Kier molecular flexibility index (Phi) is 6.54. The minimum Gasteiger partial charge on any atom is -0.490 e. The number of aromatic nitrogens is 2. The van der Waals surface area contributed by atoms with Crippen molar-refractivity contribution < 1.29 is 14.4 Å². The van der Waals surface area contributed by atoms with E-state index in [0.29, 0.717) is 41.2 Å². The number of rotatable bonds is 8. The lowest BCUT2D eigenvalue weighted by molar-refractivity contribution is 0.156. The summed E-state index contributed by atoms with van der Waals surface area (Å²) in [6.07, 6.45) is 1.92. The maximum atomic E-state index is 9.50. The van der Waals surface area contributed by atoms with Crippen LogP contribution in [0.5, 0.6) is 5.75 Å². The number of aliphatic hydroxyl groups excluding tert-OH is 1. The summed E-state index contributed by atoms with van der Waals surface area (Å²) in [5, 5.41) is 23.2. The van der Waals surface area contributed by atoms with Gasteiger partial charge in [0, 0.05) is 23.7 Å². The standard InChI is InChI=1S/C25H28N4O3/c1-4-29(12-13-30)22-10-9-19-20(22)6-5-7-21(19)24-27-25(32-28-24)17-8-11-23(31-16(2)3)18(14-17)15-26/h5-8,11,14,16,22,30H,4,9-10,12-13H2,1-3H3/t22-/m1/s1. The van der Waals surface area contributed by atoms with Gasteiger partial charge in [0.1, 0.15) is 11.8 Å². The third kappa shape index (κ3) is 4.24. The molecule has 0 radical (unpaired) electrons. The third-order valence-electron chi connectivity index (χ3n) is 5.85. The van der Waals surface area contributed by atoms with E-state index in [1.54, 1.807) is 12.1 Å². The highest BCUT2D eigenvalue weighted by molar-refractivity contribution is 5.67. The first-order valence-corrected chi connectivity index (χ1v) is 11.1. The maximum Gasteiger partial charge on any atom is 0.258 e. The van der Waals surface area contributed by atoms with Crippen molar-refractivity contribution in [2.45, 2.75) is 45.8 Å². The van der Waals surface area contributed by atoms with Crippen molar-refractivity contribution in [2.75, 3.05) is 19.7 Å². The zero-order chi connectivity index (χ0) is 22.7. The van der Waals surface area contributed by atoms with Gasteiger partial charge in [-0.3, -0.25) is 4.90 Å². The predicted molar refractivity (Wildman–Crippen MR) is 121 cm³/mol. The van der Waals surface area contributed by atoms with Gasteiger partial charge in [0.25, 0.3) is 5.89 Å². The molecule has 0 unspecified atom stereocenters. The van der Waals surface area contributed by atoms with Gasteiger partial charge in [-0.25, -0.2) is 0 Å². The van der Waals surface area contributed by atoms with E-state index in [-0.39, 0.29) is 12.7 Å². The average Bonchev–Trinajstić information content (AvgIpc) is 3.45. The summed E-state index contributed by atoms with van der Waals surface area (Å²) in [4.78, 5) is 6.95. The molecule has 166 valence electrons. The first-order valence-electron chi connectivity index (χ1n) is 11.1. The Morgan fingerprint density at radius 3 is 2.88 bits per heavy atom. The number of likely N-dealkylation sites (N-methyl/N-ethyl adjacent to an activating group) is 1. The van der Waals surface area contributed by atoms with E-state index in [0.717, 1.165) is 24.9 Å². The summed E-state index contributed by atoms with van der Waals surface area (Å²) >= 11 is 0. The van der Waals surface area contributed by atoms with Gasteiger partial charge in [0.15, 0.2) is 0 Å². The Bertz CT molecular complexity index is 1130. The van der Waals surface area contributed by atoms with Crippen LogP contribution in [0.4, 0.5) is 0 Å². The lowest BCUT2D eigenvalue weighted by Gasteiger charge is -2.27. The SMILES string of the molecule is CCN(CCO)[C@@H]1CCc2c(-c3noc(-c4ccc(OC(C)C)c(C#N)c4)n3)cccc21. The minimum atomic E-state index is -0.0204. The molecule has 0 aliphatic heterocycles. The lowest BCUT2D eigenvalue weighted by Crippen LogP contribution is -2.30.